The summed E-state index contributed by atoms with van der Waals surface area (Å²) in [5.41, 5.74) is 25.4. The number of carbonyl (C=O) groups is 4. The second-order valence-electron chi connectivity index (χ2n) is 22.3. The molecular weight excluding hydrogens is 1690 g/mol. The molecule has 0 N–H and O–H groups in total. The van der Waals surface area contributed by atoms with Crippen molar-refractivity contribution < 1.29 is 78.3 Å². The third-order valence-corrected chi connectivity index (χ3v) is 19.4. The molecule has 8 aromatic rings. The Kier molecular flexibility index (Phi) is 22.9. The van der Waals surface area contributed by atoms with Gasteiger partial charge in [0.1, 0.15) is 42.3 Å². The Morgan fingerprint density at radius 3 is 0.708 bits per heavy atom. The largest absolute Gasteiger partial charge is 0.448 e. The van der Waals surface area contributed by atoms with Crippen LogP contribution in [0.5, 0.6) is 0 Å². The monoisotopic (exact) mass is 1750 g/mol. The minimum Gasteiger partial charge on any atom is -0.448 e. The molecule has 0 bridgehead atoms. The maximum Gasteiger partial charge on any atom is 0.350 e. The number of carbonyl (C=O) groups excluding carboxylic acids is 4. The van der Waals surface area contributed by atoms with E-state index in [1.807, 2.05) is 246 Å². The van der Waals surface area contributed by atoms with E-state index in [4.69, 9.17) is 18.9 Å². The van der Waals surface area contributed by atoms with Crippen LogP contribution in [-0.2, 0) is 78.3 Å². The molecule has 4 aromatic heterocycles. The molecule has 4 aliphatic carbocycles. The van der Waals surface area contributed by atoms with Crippen LogP contribution in [0, 0.1) is 0 Å². The fourth-order valence-corrected chi connectivity index (χ4v) is 14.1. The first kappa shape index (κ1) is 71.7. The number of hydrogen-bond acceptors (Lipinski definition) is 20. The van der Waals surface area contributed by atoms with Gasteiger partial charge in [-0.05, 0) is 121 Å². The molecule has 96 heavy (non-hydrogen) atoms. The number of benzene rings is 4. The van der Waals surface area contributed by atoms with E-state index in [9.17, 15) is 19.2 Å². The number of fused-ring (bicyclic) bond motifs is 8. The number of nitrogens with zero attached hydrogens (tertiary/aromatic N) is 8. The van der Waals surface area contributed by atoms with E-state index in [0.29, 0.717) is 42.3 Å². The summed E-state index contributed by atoms with van der Waals surface area (Å²) < 4.78 is 26.5. The van der Waals surface area contributed by atoms with Gasteiger partial charge in [0.15, 0.2) is 24.4 Å². The van der Waals surface area contributed by atoms with Crippen LogP contribution in [-0.4, -0.2) is 144 Å². The van der Waals surface area contributed by atoms with Crippen molar-refractivity contribution in [2.45, 2.75) is 24.4 Å². The molecule has 0 spiro atoms. The summed E-state index contributed by atoms with van der Waals surface area (Å²) in [5, 5.41) is 2.60. The molecular formula is C72H58Cl2Ir2N8O8S4. The van der Waals surface area contributed by atoms with Gasteiger partial charge in [0.05, 0.1) is 40.9 Å². The SMILES string of the molecule is CN(C)C1=CC2OC(=O)C(c3nc4ccccc4s3)=C=C2C=C1.CN(C)C1=CC2OC(=O)C(c3nc4ccccc4s3)=C=C2C=C1.CN(C)C1=CC2OC(=O)C(c3nc4ccccc4s3)=C=C2C=C1.CN(C)C1=CC2OC(=O)C(c3nc4ccccc4s3)=C=C2C=C1.Cl.Cl.[Ir].[Ir]. The molecule has 24 heteroatoms. The summed E-state index contributed by atoms with van der Waals surface area (Å²) in [7, 11) is 15.7. The van der Waals surface area contributed by atoms with Gasteiger partial charge >= 0.3 is 23.9 Å². The summed E-state index contributed by atoms with van der Waals surface area (Å²) in [6.07, 6.45) is 22.0. The van der Waals surface area contributed by atoms with Crippen molar-refractivity contribution in [3.63, 3.8) is 0 Å². The zero-order chi connectivity index (χ0) is 63.9. The van der Waals surface area contributed by atoms with Crippen LogP contribution in [0.25, 0.3) is 63.2 Å². The Morgan fingerprint density at radius 2 is 0.521 bits per heavy atom. The third-order valence-electron chi connectivity index (χ3n) is 15.2. The zero-order valence-corrected chi connectivity index (χ0v) is 62.1. The maximum absolute atomic E-state index is 12.4. The number of thiazole rings is 4. The predicted octanol–water partition coefficient (Wildman–Crippen LogP) is 13.4. The fraction of sp³-hybridized carbons (Fsp3) is 0.167. The van der Waals surface area contributed by atoms with Crippen molar-refractivity contribution in [1.82, 2.24) is 39.5 Å². The molecule has 0 amide bonds. The zero-order valence-electron chi connectivity index (χ0n) is 52.4. The van der Waals surface area contributed by atoms with Crippen LogP contribution in [0.4, 0.5) is 0 Å². The number of rotatable bonds is 8. The van der Waals surface area contributed by atoms with Gasteiger partial charge in [0.25, 0.3) is 0 Å². The summed E-state index contributed by atoms with van der Waals surface area (Å²) in [4.78, 5) is 75.5. The minimum absolute atomic E-state index is 0. The van der Waals surface area contributed by atoms with Crippen LogP contribution < -0.4 is 0 Å². The average Bonchev–Trinajstić information content (AvgIpc) is 1.86. The minimum atomic E-state index is -0.373. The Bertz CT molecular complexity index is 4290. The van der Waals surface area contributed by atoms with Gasteiger partial charge in [-0.3, -0.25) is 0 Å². The number of aromatic nitrogens is 4. The van der Waals surface area contributed by atoms with E-state index in [-0.39, 0.29) is 113 Å². The number of allylic oxidation sites excluding steroid dienone is 4. The van der Waals surface area contributed by atoms with Crippen molar-refractivity contribution in [2.24, 2.45) is 0 Å². The Hall–Kier alpha value is -8.60. The predicted molar refractivity (Wildman–Crippen MR) is 378 cm³/mol. The van der Waals surface area contributed by atoms with Crippen LogP contribution in [0.15, 0.2) is 238 Å². The summed E-state index contributed by atoms with van der Waals surface area (Å²) in [5.74, 6) is -1.49. The van der Waals surface area contributed by atoms with Crippen LogP contribution >= 0.6 is 70.2 Å². The molecule has 8 aliphatic rings. The number of ether oxygens (including phenoxy) is 4. The standard InChI is InChI=1S/4C18H14N2O2S.2ClH.2Ir/c4*1-20(2)12-8-7-11-9-13(18(21)22-15(11)10-12)17-19-14-5-3-4-6-16(14)23-17;;;;/h4*3-8,10,15H,1-2H3;2*1H;;. The average molecular weight is 1750 g/mol. The molecule has 4 aromatic carbocycles. The smallest absolute Gasteiger partial charge is 0.350 e. The Labute approximate surface area is 608 Å². The number of likely N-dealkylation sites (N-methyl/N-ethyl adjacent to an activating group) is 4. The van der Waals surface area contributed by atoms with E-state index in [1.54, 1.807) is 0 Å². The Morgan fingerprint density at radius 1 is 0.323 bits per heavy atom. The molecule has 16 rings (SSSR count). The van der Waals surface area contributed by atoms with Crippen LogP contribution in [0.1, 0.15) is 20.0 Å². The number of hydrogen-bond donors (Lipinski definition) is 0. The van der Waals surface area contributed by atoms with E-state index in [1.165, 1.54) is 45.3 Å². The van der Waals surface area contributed by atoms with Gasteiger partial charge in [0, 0.05) is 142 Å². The molecule has 16 nitrogen and oxygen atoms in total. The maximum atomic E-state index is 12.4. The van der Waals surface area contributed by atoms with Gasteiger partial charge in [-0.2, -0.15) is 0 Å². The van der Waals surface area contributed by atoms with Crippen molar-refractivity contribution in [1.29, 1.82) is 0 Å². The fourth-order valence-electron chi connectivity index (χ4n) is 10.3. The van der Waals surface area contributed by atoms with E-state index < -0.39 is 0 Å². The van der Waals surface area contributed by atoms with Crippen LogP contribution in [0.3, 0.4) is 0 Å². The van der Waals surface area contributed by atoms with Gasteiger partial charge in [-0.25, -0.2) is 39.1 Å². The third kappa shape index (κ3) is 15.3. The topological polar surface area (TPSA) is 170 Å². The quantitative estimate of drug-likeness (QED) is 0.0799. The normalized spacial score (nSPS) is 18.8. The first-order valence-corrected chi connectivity index (χ1v) is 32.3. The molecule has 0 saturated carbocycles. The van der Waals surface area contributed by atoms with Gasteiger partial charge in [-0.15, -0.1) is 70.2 Å². The molecule has 8 heterocycles. The molecule has 0 fully saturated rings. The second-order valence-corrected chi connectivity index (χ2v) is 26.5. The second kappa shape index (κ2) is 30.6. The van der Waals surface area contributed by atoms with E-state index >= 15 is 0 Å². The van der Waals surface area contributed by atoms with Crippen molar-refractivity contribution >= 4 is 157 Å². The molecule has 4 aliphatic heterocycles. The van der Waals surface area contributed by atoms with Gasteiger partial charge in [-0.1, -0.05) is 71.5 Å². The van der Waals surface area contributed by atoms with Crippen LogP contribution in [0.2, 0.25) is 0 Å². The first-order valence-electron chi connectivity index (χ1n) is 29.1. The van der Waals surface area contributed by atoms with Crippen molar-refractivity contribution in [2.75, 3.05) is 56.4 Å². The molecule has 4 atom stereocenters. The van der Waals surface area contributed by atoms with Crippen molar-refractivity contribution in [3.05, 3.63) is 258 Å². The number of esters is 4. The molecule has 4 unspecified atom stereocenters. The Balaban J connectivity index is 0.000000148. The van der Waals surface area contributed by atoms with Gasteiger partial charge in [0.2, 0.25) is 0 Å². The molecule has 490 valence electrons. The summed E-state index contributed by atoms with van der Waals surface area (Å²) in [6.45, 7) is 0. The molecule has 0 saturated heterocycles. The molecule has 2 radical (unpaired) electrons. The van der Waals surface area contributed by atoms with Gasteiger partial charge < -0.3 is 38.5 Å². The van der Waals surface area contributed by atoms with E-state index in [2.05, 4.69) is 42.9 Å². The van der Waals surface area contributed by atoms with E-state index in [0.717, 1.165) is 85.9 Å². The number of halogens is 2. The summed E-state index contributed by atoms with van der Waals surface area (Å²) in [6, 6.07) is 31.3. The van der Waals surface area contributed by atoms with Crippen molar-refractivity contribution in [3.8, 4) is 0 Å². The first-order chi connectivity index (χ1) is 44.5. The number of para-hydroxylation sites is 4. The summed E-state index contributed by atoms with van der Waals surface area (Å²) >= 11 is 5.92.